The lowest BCUT2D eigenvalue weighted by atomic mass is 9.97. The van der Waals surface area contributed by atoms with Gasteiger partial charge in [0.1, 0.15) is 18.3 Å². The number of ether oxygens (including phenoxy) is 6. The summed E-state index contributed by atoms with van der Waals surface area (Å²) in [5.74, 6) is -3.78. The van der Waals surface area contributed by atoms with Crippen molar-refractivity contribution in [3.8, 4) is 0 Å². The zero-order valence-corrected chi connectivity index (χ0v) is 23.6. The highest BCUT2D eigenvalue weighted by Gasteiger charge is 2.57. The Morgan fingerprint density at radius 1 is 0.868 bits per heavy atom. The number of hydrogen-bond acceptors (Lipinski definition) is 13. The fourth-order valence-electron chi connectivity index (χ4n) is 3.28. The standard InChI is InChI=1S/C21H33ClN2O13S/c1-11(25)32-10-15-16(33-12(2)26)17(34-13(3)27)18(35-14(4)28)19(36-15)24(20(29)37-21(5,6)7)38(30,31)23-9-8-22/h15-19,23H,8-10H2,1-7H3/t15-,16-,17+,18-,19+/m1/s1. The third kappa shape index (κ3) is 10.2. The number of nitrogens with zero attached hydrogens (tertiary/aromatic N) is 1. The minimum atomic E-state index is -4.82. The first-order valence-corrected chi connectivity index (χ1v) is 13.3. The van der Waals surface area contributed by atoms with Gasteiger partial charge < -0.3 is 28.4 Å². The second-order valence-corrected chi connectivity index (χ2v) is 11.0. The summed E-state index contributed by atoms with van der Waals surface area (Å²) in [5.41, 5.74) is -1.20. The lowest BCUT2D eigenvalue weighted by Crippen LogP contribution is -2.68. The van der Waals surface area contributed by atoms with Crippen LogP contribution in [0.5, 0.6) is 0 Å². The minimum Gasteiger partial charge on any atom is -0.463 e. The molecular formula is C21H33ClN2O13S. The molecule has 15 nitrogen and oxygen atoms in total. The average molecular weight is 589 g/mol. The van der Waals surface area contributed by atoms with Gasteiger partial charge in [0.05, 0.1) is 0 Å². The SMILES string of the molecule is CC(=O)OC[C@H]1O[C@H](N(C(=O)OC(C)(C)C)S(=O)(=O)NCCCl)[C@H](OC(C)=O)[C@@H](OC(C)=O)[C@@H]1OC(C)=O. The lowest BCUT2D eigenvalue weighted by molar-refractivity contribution is -0.266. The topological polar surface area (TPSA) is 190 Å². The Hall–Kier alpha value is -2.69. The molecule has 17 heteroatoms. The predicted molar refractivity (Wildman–Crippen MR) is 128 cm³/mol. The molecule has 1 amide bonds. The number of halogens is 1. The van der Waals surface area contributed by atoms with E-state index in [4.69, 9.17) is 40.0 Å². The first-order valence-electron chi connectivity index (χ1n) is 11.3. The van der Waals surface area contributed by atoms with E-state index >= 15 is 0 Å². The molecule has 218 valence electrons. The van der Waals surface area contributed by atoms with E-state index in [2.05, 4.69) is 4.72 Å². The number of nitrogens with one attached hydrogen (secondary N) is 1. The van der Waals surface area contributed by atoms with Crippen LogP contribution in [0.15, 0.2) is 0 Å². The van der Waals surface area contributed by atoms with E-state index in [1.165, 1.54) is 20.8 Å². The summed E-state index contributed by atoms with van der Waals surface area (Å²) in [5, 5.41) is 0. The normalized spacial score (nSPS) is 23.5. The molecular weight excluding hydrogens is 556 g/mol. The number of carbonyl (C=O) groups is 5. The highest BCUT2D eigenvalue weighted by atomic mass is 35.5. The molecule has 38 heavy (non-hydrogen) atoms. The number of rotatable bonds is 10. The zero-order valence-electron chi connectivity index (χ0n) is 22.0. The molecule has 1 fully saturated rings. The molecule has 1 aliphatic rings. The van der Waals surface area contributed by atoms with Crippen LogP contribution in [0.1, 0.15) is 48.5 Å². The molecule has 1 heterocycles. The van der Waals surface area contributed by atoms with Gasteiger partial charge >= 0.3 is 40.2 Å². The van der Waals surface area contributed by atoms with Gasteiger partial charge in [-0.25, -0.2) is 4.79 Å². The Balaban J connectivity index is 3.83. The van der Waals surface area contributed by atoms with Gasteiger partial charge in [0.2, 0.25) is 0 Å². The molecule has 0 bridgehead atoms. The average Bonchev–Trinajstić information content (AvgIpc) is 2.72. The second kappa shape index (κ2) is 13.9. The van der Waals surface area contributed by atoms with Crippen molar-refractivity contribution in [2.45, 2.75) is 84.7 Å². The van der Waals surface area contributed by atoms with Crippen molar-refractivity contribution in [2.75, 3.05) is 19.0 Å². The quantitative estimate of drug-likeness (QED) is 0.209. The number of hydrogen-bond donors (Lipinski definition) is 1. The summed E-state index contributed by atoms with van der Waals surface area (Å²) >= 11 is 5.61. The van der Waals surface area contributed by atoms with Gasteiger partial charge in [-0.1, -0.05) is 0 Å². The number of carbonyl (C=O) groups excluding carboxylic acids is 5. The molecule has 0 saturated carbocycles. The van der Waals surface area contributed by atoms with Crippen LogP contribution in [0.4, 0.5) is 4.79 Å². The van der Waals surface area contributed by atoms with E-state index in [1.807, 2.05) is 0 Å². The van der Waals surface area contributed by atoms with Crippen molar-refractivity contribution in [1.29, 1.82) is 0 Å². The van der Waals surface area contributed by atoms with Gasteiger partial charge in [0.15, 0.2) is 24.5 Å². The molecule has 1 rings (SSSR count). The fraction of sp³-hybridized carbons (Fsp3) is 0.762. The van der Waals surface area contributed by atoms with E-state index in [9.17, 15) is 32.4 Å². The summed E-state index contributed by atoms with van der Waals surface area (Å²) in [6, 6.07) is 0. The van der Waals surface area contributed by atoms with E-state index in [0.717, 1.165) is 27.7 Å². The largest absolute Gasteiger partial charge is 0.463 e. The smallest absolute Gasteiger partial charge is 0.427 e. The van der Waals surface area contributed by atoms with Crippen molar-refractivity contribution in [1.82, 2.24) is 9.03 Å². The summed E-state index contributed by atoms with van der Waals surface area (Å²) in [7, 11) is -4.82. The molecule has 1 N–H and O–H groups in total. The van der Waals surface area contributed by atoms with E-state index in [-0.39, 0.29) is 16.7 Å². The lowest BCUT2D eigenvalue weighted by Gasteiger charge is -2.46. The van der Waals surface area contributed by atoms with Crippen LogP contribution in [-0.4, -0.2) is 98.0 Å². The van der Waals surface area contributed by atoms with Crippen LogP contribution in [0.2, 0.25) is 0 Å². The van der Waals surface area contributed by atoms with Crippen LogP contribution >= 0.6 is 11.6 Å². The maximum Gasteiger partial charge on any atom is 0.427 e. The molecule has 0 aromatic rings. The molecule has 5 atom stereocenters. The second-order valence-electron chi connectivity index (χ2n) is 8.95. The first-order chi connectivity index (χ1) is 17.4. The van der Waals surface area contributed by atoms with E-state index in [0.29, 0.717) is 0 Å². The molecule has 1 saturated heterocycles. The molecule has 0 aliphatic carbocycles. The number of alkyl halides is 1. The summed E-state index contributed by atoms with van der Waals surface area (Å²) in [4.78, 5) is 60.6. The maximum absolute atomic E-state index is 13.3. The predicted octanol–water partition coefficient (Wildman–Crippen LogP) is 0.380. The Labute approximate surface area is 225 Å². The Bertz CT molecular complexity index is 998. The maximum atomic E-state index is 13.3. The molecule has 0 aromatic carbocycles. The van der Waals surface area contributed by atoms with Crippen LogP contribution in [0.25, 0.3) is 0 Å². The van der Waals surface area contributed by atoms with Crippen LogP contribution in [-0.2, 0) is 57.8 Å². The molecule has 0 aromatic heterocycles. The van der Waals surface area contributed by atoms with Crippen LogP contribution < -0.4 is 4.72 Å². The van der Waals surface area contributed by atoms with Gasteiger partial charge in [-0.3, -0.25) is 19.2 Å². The van der Waals surface area contributed by atoms with Gasteiger partial charge in [-0.2, -0.15) is 17.4 Å². The molecule has 0 radical (unpaired) electrons. The summed E-state index contributed by atoms with van der Waals surface area (Å²) in [6.07, 6.45) is -10.2. The monoisotopic (exact) mass is 588 g/mol. The van der Waals surface area contributed by atoms with Gasteiger partial charge in [0, 0.05) is 40.1 Å². The summed E-state index contributed by atoms with van der Waals surface area (Å²) in [6.45, 7) is 7.49. The number of esters is 4. The van der Waals surface area contributed by atoms with Crippen molar-refractivity contribution in [2.24, 2.45) is 0 Å². The van der Waals surface area contributed by atoms with Crippen LogP contribution in [0.3, 0.4) is 0 Å². The van der Waals surface area contributed by atoms with E-state index in [1.54, 1.807) is 0 Å². The van der Waals surface area contributed by atoms with Crippen molar-refractivity contribution < 1.29 is 60.8 Å². The fourth-order valence-corrected chi connectivity index (χ4v) is 4.66. The van der Waals surface area contributed by atoms with Crippen molar-refractivity contribution in [3.63, 3.8) is 0 Å². The Morgan fingerprint density at radius 3 is 1.82 bits per heavy atom. The van der Waals surface area contributed by atoms with Crippen molar-refractivity contribution >= 4 is 51.8 Å². The number of amides is 1. The Morgan fingerprint density at radius 2 is 1.37 bits per heavy atom. The molecule has 1 aliphatic heterocycles. The highest BCUT2D eigenvalue weighted by molar-refractivity contribution is 7.87. The van der Waals surface area contributed by atoms with Crippen molar-refractivity contribution in [3.05, 3.63) is 0 Å². The third-order valence-electron chi connectivity index (χ3n) is 4.41. The third-order valence-corrected chi connectivity index (χ3v) is 6.04. The molecule has 0 unspecified atom stereocenters. The molecule has 0 spiro atoms. The highest BCUT2D eigenvalue weighted by Crippen LogP contribution is 2.33. The van der Waals surface area contributed by atoms with Gasteiger partial charge in [-0.15, -0.1) is 11.6 Å². The van der Waals surface area contributed by atoms with Gasteiger partial charge in [-0.05, 0) is 20.8 Å². The zero-order chi connectivity index (χ0) is 29.4. The van der Waals surface area contributed by atoms with Crippen LogP contribution in [0, 0.1) is 0 Å². The van der Waals surface area contributed by atoms with E-state index < -0.39 is 83.0 Å². The summed E-state index contributed by atoms with van der Waals surface area (Å²) < 4.78 is 60.5. The Kier molecular flexibility index (Phi) is 12.2. The minimum absolute atomic E-state index is 0.111. The van der Waals surface area contributed by atoms with Gasteiger partial charge in [0.25, 0.3) is 0 Å². The first kappa shape index (κ1) is 33.3.